The molecule has 2 aromatic carbocycles. The highest BCUT2D eigenvalue weighted by Gasteiger charge is 2.09. The first-order valence-electron chi connectivity index (χ1n) is 5.46. The first-order chi connectivity index (χ1) is 8.27. The Morgan fingerprint density at radius 1 is 1.18 bits per heavy atom. The summed E-state index contributed by atoms with van der Waals surface area (Å²) >= 11 is 0. The van der Waals surface area contributed by atoms with E-state index in [1.54, 1.807) is 12.1 Å². The fourth-order valence-electron chi connectivity index (χ4n) is 1.54. The number of rotatable bonds is 3. The number of carbonyl (C=O) groups excluding carboxylic acids is 1. The van der Waals surface area contributed by atoms with E-state index in [0.29, 0.717) is 5.56 Å². The molecule has 0 spiro atoms. The number of carbonyl (C=O) groups is 1. The molecule has 2 aromatic rings. The van der Waals surface area contributed by atoms with Gasteiger partial charge in [0.05, 0.1) is 5.56 Å². The summed E-state index contributed by atoms with van der Waals surface area (Å²) in [6, 6.07) is 17.9. The van der Waals surface area contributed by atoms with E-state index in [4.69, 9.17) is 4.74 Å². The maximum atomic E-state index is 11.8. The van der Waals surface area contributed by atoms with Gasteiger partial charge in [0.2, 0.25) is 0 Å². The second kappa shape index (κ2) is 5.30. The smallest absolute Gasteiger partial charge is 0.338 e. The van der Waals surface area contributed by atoms with Gasteiger partial charge in [0.1, 0.15) is 6.61 Å². The molecule has 0 amide bonds. The van der Waals surface area contributed by atoms with Crippen LogP contribution >= 0.6 is 0 Å². The standard InChI is InChI=1S/C15H13O2/c1-12-7-5-6-10-14(12)15(16)17-11-13-8-3-2-4-9-13/h2-8,10H,11H2,1H3. The van der Waals surface area contributed by atoms with Crippen molar-refractivity contribution in [3.8, 4) is 0 Å². The third-order valence-corrected chi connectivity index (χ3v) is 2.50. The summed E-state index contributed by atoms with van der Waals surface area (Å²) in [7, 11) is 0. The Morgan fingerprint density at radius 2 is 1.94 bits per heavy atom. The number of benzene rings is 2. The number of hydrogen-bond acceptors (Lipinski definition) is 2. The number of ether oxygens (including phenoxy) is 1. The topological polar surface area (TPSA) is 26.3 Å². The highest BCUT2D eigenvalue weighted by Crippen LogP contribution is 2.10. The second-order valence-electron chi connectivity index (χ2n) is 3.78. The summed E-state index contributed by atoms with van der Waals surface area (Å²) in [5.74, 6) is -0.291. The molecule has 85 valence electrons. The van der Waals surface area contributed by atoms with Crippen LogP contribution in [0.5, 0.6) is 0 Å². The molecule has 0 saturated heterocycles. The van der Waals surface area contributed by atoms with Gasteiger partial charge in [0, 0.05) is 0 Å². The Kier molecular flexibility index (Phi) is 3.55. The molecule has 0 aliphatic rings. The summed E-state index contributed by atoms with van der Waals surface area (Å²) in [5.41, 5.74) is 2.41. The SMILES string of the molecule is Cc1ccccc1C(=O)OCc1[c]cccc1. The predicted molar refractivity (Wildman–Crippen MR) is 65.6 cm³/mol. The van der Waals surface area contributed by atoms with E-state index in [-0.39, 0.29) is 12.6 Å². The Balaban J connectivity index is 2.01. The molecule has 0 aliphatic carbocycles. The van der Waals surface area contributed by atoms with Crippen molar-refractivity contribution in [1.29, 1.82) is 0 Å². The molecule has 0 saturated carbocycles. The third-order valence-electron chi connectivity index (χ3n) is 2.50. The van der Waals surface area contributed by atoms with Gasteiger partial charge in [-0.05, 0) is 30.2 Å². The predicted octanol–water partition coefficient (Wildman–Crippen LogP) is 3.15. The van der Waals surface area contributed by atoms with Gasteiger partial charge in [0.25, 0.3) is 0 Å². The molecule has 0 unspecified atom stereocenters. The molecule has 2 heteroatoms. The van der Waals surface area contributed by atoms with Gasteiger partial charge in [-0.15, -0.1) is 0 Å². The van der Waals surface area contributed by atoms with Crippen molar-refractivity contribution in [2.45, 2.75) is 13.5 Å². The zero-order valence-electron chi connectivity index (χ0n) is 9.64. The molecule has 2 nitrogen and oxygen atoms in total. The van der Waals surface area contributed by atoms with Crippen LogP contribution in [0.4, 0.5) is 0 Å². The van der Waals surface area contributed by atoms with Gasteiger partial charge in [-0.1, -0.05) is 42.5 Å². The normalized spacial score (nSPS) is 9.94. The zero-order chi connectivity index (χ0) is 12.1. The van der Waals surface area contributed by atoms with Gasteiger partial charge in [-0.3, -0.25) is 0 Å². The fraction of sp³-hybridized carbons (Fsp3) is 0.133. The molecular formula is C15H13O2. The molecule has 0 N–H and O–H groups in total. The van der Waals surface area contributed by atoms with Crippen LogP contribution in [-0.4, -0.2) is 5.97 Å². The lowest BCUT2D eigenvalue weighted by molar-refractivity contribution is 0.0471. The summed E-state index contributed by atoms with van der Waals surface area (Å²) in [4.78, 5) is 11.8. The lowest BCUT2D eigenvalue weighted by Gasteiger charge is -2.06. The van der Waals surface area contributed by atoms with E-state index in [1.165, 1.54) is 0 Å². The second-order valence-corrected chi connectivity index (χ2v) is 3.78. The van der Waals surface area contributed by atoms with E-state index >= 15 is 0 Å². The van der Waals surface area contributed by atoms with Crippen molar-refractivity contribution < 1.29 is 9.53 Å². The van der Waals surface area contributed by atoms with Crippen LogP contribution in [0.3, 0.4) is 0 Å². The van der Waals surface area contributed by atoms with Crippen LogP contribution < -0.4 is 0 Å². The highest BCUT2D eigenvalue weighted by molar-refractivity contribution is 5.90. The minimum Gasteiger partial charge on any atom is -0.457 e. The molecule has 0 atom stereocenters. The molecule has 2 rings (SSSR count). The molecule has 0 aromatic heterocycles. The minimum absolute atomic E-state index is 0.258. The Bertz CT molecular complexity index is 503. The van der Waals surface area contributed by atoms with Crippen molar-refractivity contribution >= 4 is 5.97 Å². The first-order valence-corrected chi connectivity index (χ1v) is 5.46. The van der Waals surface area contributed by atoms with Crippen LogP contribution in [0.15, 0.2) is 48.5 Å². The molecule has 1 radical (unpaired) electrons. The minimum atomic E-state index is -0.291. The Labute approximate surface area is 101 Å². The highest BCUT2D eigenvalue weighted by atomic mass is 16.5. The summed E-state index contributed by atoms with van der Waals surface area (Å²) in [6.45, 7) is 2.15. The number of esters is 1. The largest absolute Gasteiger partial charge is 0.457 e. The van der Waals surface area contributed by atoms with E-state index in [1.807, 2.05) is 43.3 Å². The van der Waals surface area contributed by atoms with E-state index in [0.717, 1.165) is 11.1 Å². The van der Waals surface area contributed by atoms with Crippen molar-refractivity contribution in [3.63, 3.8) is 0 Å². The Hall–Kier alpha value is -2.09. The molecular weight excluding hydrogens is 212 g/mol. The van der Waals surface area contributed by atoms with Gasteiger partial charge < -0.3 is 4.74 Å². The Morgan fingerprint density at radius 3 is 2.65 bits per heavy atom. The molecule has 0 fully saturated rings. The summed E-state index contributed by atoms with van der Waals surface area (Å²) in [5, 5.41) is 0. The van der Waals surface area contributed by atoms with Gasteiger partial charge in [0.15, 0.2) is 0 Å². The van der Waals surface area contributed by atoms with Gasteiger partial charge >= 0.3 is 5.97 Å². The maximum Gasteiger partial charge on any atom is 0.338 e. The lowest BCUT2D eigenvalue weighted by atomic mass is 10.1. The lowest BCUT2D eigenvalue weighted by Crippen LogP contribution is -2.06. The van der Waals surface area contributed by atoms with Crippen LogP contribution in [0, 0.1) is 13.0 Å². The van der Waals surface area contributed by atoms with Crippen LogP contribution in [0.2, 0.25) is 0 Å². The van der Waals surface area contributed by atoms with Gasteiger partial charge in [-0.25, -0.2) is 4.79 Å². The molecule has 0 heterocycles. The number of aryl methyl sites for hydroxylation is 1. The van der Waals surface area contributed by atoms with E-state index in [9.17, 15) is 4.79 Å². The average molecular weight is 225 g/mol. The zero-order valence-corrected chi connectivity index (χ0v) is 9.64. The van der Waals surface area contributed by atoms with Gasteiger partial charge in [-0.2, -0.15) is 0 Å². The summed E-state index contributed by atoms with van der Waals surface area (Å²) < 4.78 is 5.22. The van der Waals surface area contributed by atoms with Crippen LogP contribution in [-0.2, 0) is 11.3 Å². The number of hydrogen-bond donors (Lipinski definition) is 0. The molecule has 17 heavy (non-hydrogen) atoms. The fourth-order valence-corrected chi connectivity index (χ4v) is 1.54. The molecule has 0 aliphatic heterocycles. The van der Waals surface area contributed by atoms with Crippen molar-refractivity contribution in [2.75, 3.05) is 0 Å². The monoisotopic (exact) mass is 225 g/mol. The van der Waals surface area contributed by atoms with E-state index in [2.05, 4.69) is 6.07 Å². The third kappa shape index (κ3) is 2.94. The van der Waals surface area contributed by atoms with Crippen molar-refractivity contribution in [1.82, 2.24) is 0 Å². The quantitative estimate of drug-likeness (QED) is 0.750. The van der Waals surface area contributed by atoms with Crippen molar-refractivity contribution in [3.05, 3.63) is 71.3 Å². The summed E-state index contributed by atoms with van der Waals surface area (Å²) in [6.07, 6.45) is 0. The van der Waals surface area contributed by atoms with Crippen molar-refractivity contribution in [2.24, 2.45) is 0 Å². The van der Waals surface area contributed by atoms with E-state index < -0.39 is 0 Å². The van der Waals surface area contributed by atoms with Crippen LogP contribution in [0.25, 0.3) is 0 Å². The molecule has 0 bridgehead atoms. The first kappa shape index (κ1) is 11.4. The average Bonchev–Trinajstić information content (AvgIpc) is 2.38. The van der Waals surface area contributed by atoms with Crippen LogP contribution in [0.1, 0.15) is 21.5 Å². The maximum absolute atomic E-state index is 11.8.